The first-order valence-corrected chi connectivity index (χ1v) is 7.02. The van der Waals surface area contributed by atoms with Crippen molar-refractivity contribution in [3.8, 4) is 0 Å². The summed E-state index contributed by atoms with van der Waals surface area (Å²) < 4.78 is 26.6. The number of hydrogen-bond donors (Lipinski definition) is 0. The van der Waals surface area contributed by atoms with Crippen molar-refractivity contribution < 1.29 is 13.6 Å². The van der Waals surface area contributed by atoms with Gasteiger partial charge in [-0.1, -0.05) is 24.3 Å². The van der Waals surface area contributed by atoms with Crippen molar-refractivity contribution in [2.75, 3.05) is 5.01 Å². The van der Waals surface area contributed by atoms with Gasteiger partial charge in [-0.15, -0.1) is 0 Å². The summed E-state index contributed by atoms with van der Waals surface area (Å²) in [6.45, 7) is 0. The molecule has 22 heavy (non-hydrogen) atoms. The van der Waals surface area contributed by atoms with Crippen LogP contribution < -0.4 is 5.01 Å². The first-order chi connectivity index (χ1) is 10.6. The molecule has 3 rings (SSSR count). The zero-order chi connectivity index (χ0) is 15.5. The minimum Gasteiger partial charge on any atom is -0.272 e. The third-order valence-electron chi connectivity index (χ3n) is 3.53. The number of rotatable bonds is 4. The minimum atomic E-state index is -0.473. The van der Waals surface area contributed by atoms with E-state index in [2.05, 4.69) is 5.10 Å². The Morgan fingerprint density at radius 1 is 1.00 bits per heavy atom. The molecule has 0 N–H and O–H groups in total. The quantitative estimate of drug-likeness (QED) is 0.847. The Balaban J connectivity index is 1.70. The molecule has 0 radical (unpaired) electrons. The van der Waals surface area contributed by atoms with E-state index in [1.807, 2.05) is 0 Å². The van der Waals surface area contributed by atoms with Crippen LogP contribution in [0.1, 0.15) is 18.4 Å². The maximum absolute atomic E-state index is 13.7. The van der Waals surface area contributed by atoms with E-state index in [9.17, 15) is 13.6 Å². The van der Waals surface area contributed by atoms with Gasteiger partial charge in [-0.25, -0.2) is 8.78 Å². The molecule has 1 aliphatic rings. The van der Waals surface area contributed by atoms with E-state index in [-0.39, 0.29) is 23.8 Å². The van der Waals surface area contributed by atoms with Gasteiger partial charge in [0.25, 0.3) is 5.91 Å². The SMILES string of the molecule is O=C1CC(CCc2ccc(F)cc2)=NN1c1ccccc1F. The van der Waals surface area contributed by atoms with Crippen LogP contribution in [0.15, 0.2) is 53.6 Å². The summed E-state index contributed by atoms with van der Waals surface area (Å²) in [6, 6.07) is 12.3. The largest absolute Gasteiger partial charge is 0.272 e. The van der Waals surface area contributed by atoms with Gasteiger partial charge < -0.3 is 0 Å². The molecule has 3 nitrogen and oxygen atoms in total. The van der Waals surface area contributed by atoms with Crippen LogP contribution in [0, 0.1) is 11.6 Å². The molecule has 2 aromatic rings. The molecule has 112 valence electrons. The third-order valence-corrected chi connectivity index (χ3v) is 3.53. The van der Waals surface area contributed by atoms with Gasteiger partial charge in [-0.2, -0.15) is 10.1 Å². The third kappa shape index (κ3) is 3.03. The number of aryl methyl sites for hydroxylation is 1. The maximum Gasteiger partial charge on any atom is 0.253 e. The average molecular weight is 300 g/mol. The Morgan fingerprint density at radius 3 is 2.45 bits per heavy atom. The molecular formula is C17H14F2N2O. The van der Waals surface area contributed by atoms with Gasteiger partial charge in [0.2, 0.25) is 0 Å². The molecule has 0 fully saturated rings. The van der Waals surface area contributed by atoms with Crippen molar-refractivity contribution >= 4 is 17.3 Å². The van der Waals surface area contributed by atoms with Crippen LogP contribution in [-0.2, 0) is 11.2 Å². The topological polar surface area (TPSA) is 32.7 Å². The fourth-order valence-corrected chi connectivity index (χ4v) is 2.37. The molecule has 0 aromatic heterocycles. The molecule has 0 saturated carbocycles. The van der Waals surface area contributed by atoms with Gasteiger partial charge in [-0.3, -0.25) is 4.79 Å². The Morgan fingerprint density at radius 2 is 1.73 bits per heavy atom. The zero-order valence-electron chi connectivity index (χ0n) is 11.8. The number of hydrogen-bond acceptors (Lipinski definition) is 2. The van der Waals surface area contributed by atoms with Crippen molar-refractivity contribution in [2.45, 2.75) is 19.3 Å². The first-order valence-electron chi connectivity index (χ1n) is 7.02. The van der Waals surface area contributed by atoms with E-state index in [4.69, 9.17) is 0 Å². The van der Waals surface area contributed by atoms with Gasteiger partial charge in [0.1, 0.15) is 17.3 Å². The Hall–Kier alpha value is -2.56. The van der Waals surface area contributed by atoms with E-state index >= 15 is 0 Å². The summed E-state index contributed by atoms with van der Waals surface area (Å²) in [5, 5.41) is 5.34. The van der Waals surface area contributed by atoms with Gasteiger partial charge in [0.05, 0.1) is 6.42 Å². The molecule has 1 aliphatic heterocycles. The summed E-state index contributed by atoms with van der Waals surface area (Å²) in [4.78, 5) is 12.0. The highest BCUT2D eigenvalue weighted by Crippen LogP contribution is 2.24. The molecule has 2 aromatic carbocycles. The van der Waals surface area contributed by atoms with Crippen LogP contribution in [-0.4, -0.2) is 11.6 Å². The molecule has 0 aliphatic carbocycles. The zero-order valence-corrected chi connectivity index (χ0v) is 11.8. The van der Waals surface area contributed by atoms with E-state index < -0.39 is 5.82 Å². The van der Waals surface area contributed by atoms with Crippen LogP contribution in [0.3, 0.4) is 0 Å². The number of amides is 1. The van der Waals surface area contributed by atoms with Crippen molar-refractivity contribution in [1.29, 1.82) is 0 Å². The van der Waals surface area contributed by atoms with Crippen molar-refractivity contribution in [1.82, 2.24) is 0 Å². The second-order valence-electron chi connectivity index (χ2n) is 5.13. The molecular weight excluding hydrogens is 286 g/mol. The smallest absolute Gasteiger partial charge is 0.253 e. The summed E-state index contributed by atoms with van der Waals surface area (Å²) in [5.41, 5.74) is 1.85. The summed E-state index contributed by atoms with van der Waals surface area (Å²) >= 11 is 0. The Bertz CT molecular complexity index is 726. The maximum atomic E-state index is 13.7. The highest BCUT2D eigenvalue weighted by molar-refractivity contribution is 6.13. The molecule has 0 bridgehead atoms. The van der Waals surface area contributed by atoms with Gasteiger partial charge in [-0.05, 0) is 42.7 Å². The standard InChI is InChI=1S/C17H14F2N2O/c18-13-8-5-12(6-9-13)7-10-14-11-17(22)21(20-14)16-4-2-1-3-15(16)19/h1-6,8-9H,7,10-11H2. The fraction of sp³-hybridized carbons (Fsp3) is 0.176. The normalized spacial score (nSPS) is 14.4. The van der Waals surface area contributed by atoms with Crippen LogP contribution in [0.2, 0.25) is 0 Å². The lowest BCUT2D eigenvalue weighted by atomic mass is 10.1. The summed E-state index contributed by atoms with van der Waals surface area (Å²) in [5.74, 6) is -0.985. The summed E-state index contributed by atoms with van der Waals surface area (Å²) in [6.07, 6.45) is 1.44. The predicted molar refractivity (Wildman–Crippen MR) is 80.7 cm³/mol. The first kappa shape index (κ1) is 14.4. The number of nitrogens with zero attached hydrogens (tertiary/aromatic N) is 2. The molecule has 0 spiro atoms. The monoisotopic (exact) mass is 300 g/mol. The van der Waals surface area contributed by atoms with Crippen LogP contribution >= 0.6 is 0 Å². The van der Waals surface area contributed by atoms with E-state index in [1.54, 1.807) is 24.3 Å². The number of carbonyl (C=O) groups excluding carboxylic acids is 1. The fourth-order valence-electron chi connectivity index (χ4n) is 2.37. The van der Waals surface area contributed by atoms with Crippen molar-refractivity contribution in [3.05, 3.63) is 65.7 Å². The van der Waals surface area contributed by atoms with E-state index in [0.717, 1.165) is 10.6 Å². The molecule has 5 heteroatoms. The minimum absolute atomic E-state index is 0.171. The second-order valence-corrected chi connectivity index (χ2v) is 5.13. The van der Waals surface area contributed by atoms with Crippen molar-refractivity contribution in [3.63, 3.8) is 0 Å². The summed E-state index contributed by atoms with van der Waals surface area (Å²) in [7, 11) is 0. The molecule has 0 atom stereocenters. The lowest BCUT2D eigenvalue weighted by Gasteiger charge is -2.11. The van der Waals surface area contributed by atoms with Crippen LogP contribution in [0.4, 0.5) is 14.5 Å². The van der Waals surface area contributed by atoms with Crippen LogP contribution in [0.25, 0.3) is 0 Å². The van der Waals surface area contributed by atoms with Gasteiger partial charge in [0, 0.05) is 5.71 Å². The highest BCUT2D eigenvalue weighted by atomic mass is 19.1. The number of para-hydroxylation sites is 1. The van der Waals surface area contributed by atoms with Crippen molar-refractivity contribution in [2.24, 2.45) is 5.10 Å². The van der Waals surface area contributed by atoms with E-state index in [0.29, 0.717) is 18.6 Å². The lowest BCUT2D eigenvalue weighted by Crippen LogP contribution is -2.20. The highest BCUT2D eigenvalue weighted by Gasteiger charge is 2.26. The second kappa shape index (κ2) is 6.05. The molecule has 1 amide bonds. The predicted octanol–water partition coefficient (Wildman–Crippen LogP) is 3.69. The number of anilines is 1. The number of hydrazone groups is 1. The van der Waals surface area contributed by atoms with Gasteiger partial charge in [0.15, 0.2) is 0 Å². The van der Waals surface area contributed by atoms with E-state index in [1.165, 1.54) is 24.3 Å². The number of carbonyl (C=O) groups is 1. The number of benzene rings is 2. The van der Waals surface area contributed by atoms with Gasteiger partial charge >= 0.3 is 0 Å². The van der Waals surface area contributed by atoms with Crippen LogP contribution in [0.5, 0.6) is 0 Å². The average Bonchev–Trinajstić information content (AvgIpc) is 2.88. The molecule has 0 saturated heterocycles. The Labute approximate surface area is 126 Å². The number of halogens is 2. The lowest BCUT2D eigenvalue weighted by molar-refractivity contribution is -0.116. The Kier molecular flexibility index (Phi) is 3.96. The molecule has 1 heterocycles. The molecule has 0 unspecified atom stereocenters.